The maximum Gasteiger partial charge on any atom is 0.0728 e. The first-order chi connectivity index (χ1) is 8.26. The van der Waals surface area contributed by atoms with Crippen LogP contribution in [0.2, 0.25) is 0 Å². The monoisotopic (exact) mass is 243 g/mol. The molecule has 98 valence electrons. The van der Waals surface area contributed by atoms with Gasteiger partial charge in [0, 0.05) is 18.8 Å². The third kappa shape index (κ3) is 5.67. The van der Waals surface area contributed by atoms with E-state index in [1.54, 1.807) is 10.9 Å². The van der Waals surface area contributed by atoms with E-state index in [1.807, 2.05) is 13.1 Å². The van der Waals surface area contributed by atoms with Gasteiger partial charge in [-0.05, 0) is 13.3 Å². The first-order valence-corrected chi connectivity index (χ1v) is 5.84. The highest BCUT2D eigenvalue weighted by atomic mass is 16.5. The molecule has 0 bridgehead atoms. The van der Waals surface area contributed by atoms with Gasteiger partial charge in [0.1, 0.15) is 0 Å². The number of nitrogens with one attached hydrogen (secondary N) is 1. The topological polar surface area (TPSA) is 79.5 Å². The lowest BCUT2D eigenvalue weighted by Gasteiger charge is -2.11. The molecule has 0 aliphatic heterocycles. The second-order valence-corrected chi connectivity index (χ2v) is 3.89. The van der Waals surface area contributed by atoms with Gasteiger partial charge in [-0.15, -0.1) is 0 Å². The highest BCUT2D eigenvalue weighted by molar-refractivity contribution is 5.38. The largest absolute Gasteiger partial charge is 0.396 e. The molecule has 1 heterocycles. The summed E-state index contributed by atoms with van der Waals surface area (Å²) in [5.41, 5.74) is 0.938. The van der Waals surface area contributed by atoms with Gasteiger partial charge in [0.2, 0.25) is 0 Å². The molecule has 1 atom stereocenters. The van der Waals surface area contributed by atoms with E-state index in [4.69, 9.17) is 14.9 Å². The summed E-state index contributed by atoms with van der Waals surface area (Å²) in [5.74, 6) is 0. The van der Waals surface area contributed by atoms with E-state index in [2.05, 4.69) is 10.4 Å². The Kier molecular flexibility index (Phi) is 6.61. The highest BCUT2D eigenvalue weighted by Gasteiger charge is 2.03. The van der Waals surface area contributed by atoms with Crippen molar-refractivity contribution in [2.45, 2.75) is 25.9 Å². The molecular formula is C11H21N3O3. The lowest BCUT2D eigenvalue weighted by molar-refractivity contribution is 0.0854. The molecule has 0 amide bonds. The van der Waals surface area contributed by atoms with E-state index in [1.165, 1.54) is 0 Å². The third-order valence-electron chi connectivity index (χ3n) is 2.31. The number of hydrogen-bond donors (Lipinski definition) is 3. The number of aromatic nitrogens is 2. The first-order valence-electron chi connectivity index (χ1n) is 5.84. The van der Waals surface area contributed by atoms with Crippen molar-refractivity contribution in [3.05, 3.63) is 12.4 Å². The van der Waals surface area contributed by atoms with Crippen LogP contribution >= 0.6 is 0 Å². The molecule has 17 heavy (non-hydrogen) atoms. The Bertz CT molecular complexity index is 304. The zero-order valence-corrected chi connectivity index (χ0v) is 10.2. The van der Waals surface area contributed by atoms with Crippen LogP contribution in [0, 0.1) is 0 Å². The second-order valence-electron chi connectivity index (χ2n) is 3.89. The minimum Gasteiger partial charge on any atom is -0.396 e. The number of ether oxygens (including phenoxy) is 1. The zero-order chi connectivity index (χ0) is 12.5. The summed E-state index contributed by atoms with van der Waals surface area (Å²) in [4.78, 5) is 0. The normalized spacial score (nSPS) is 12.6. The van der Waals surface area contributed by atoms with Crippen LogP contribution in [0.3, 0.4) is 0 Å². The zero-order valence-electron chi connectivity index (χ0n) is 10.2. The van der Waals surface area contributed by atoms with Crippen LogP contribution in [0.4, 0.5) is 5.69 Å². The molecule has 0 spiro atoms. The van der Waals surface area contributed by atoms with Gasteiger partial charge in [-0.3, -0.25) is 4.68 Å². The second kappa shape index (κ2) is 8.05. The van der Waals surface area contributed by atoms with Crippen molar-refractivity contribution in [2.75, 3.05) is 31.7 Å². The van der Waals surface area contributed by atoms with Crippen LogP contribution in [0.15, 0.2) is 12.4 Å². The van der Waals surface area contributed by atoms with Crippen LogP contribution in [0.5, 0.6) is 0 Å². The van der Waals surface area contributed by atoms with Crippen LogP contribution in [-0.2, 0) is 11.3 Å². The molecule has 3 N–H and O–H groups in total. The van der Waals surface area contributed by atoms with Crippen LogP contribution in [0.25, 0.3) is 0 Å². The number of anilines is 1. The van der Waals surface area contributed by atoms with Crippen molar-refractivity contribution in [1.29, 1.82) is 0 Å². The molecule has 6 heteroatoms. The van der Waals surface area contributed by atoms with Crippen molar-refractivity contribution in [3.8, 4) is 0 Å². The van der Waals surface area contributed by atoms with Crippen LogP contribution in [-0.4, -0.2) is 52.5 Å². The van der Waals surface area contributed by atoms with E-state index in [0.29, 0.717) is 26.2 Å². The Balaban J connectivity index is 2.27. The molecule has 1 unspecified atom stereocenters. The molecule has 0 aliphatic rings. The lowest BCUT2D eigenvalue weighted by atomic mass is 10.2. The lowest BCUT2D eigenvalue weighted by Crippen LogP contribution is -2.16. The summed E-state index contributed by atoms with van der Waals surface area (Å²) in [5, 5.41) is 24.7. The van der Waals surface area contributed by atoms with Gasteiger partial charge in [0.15, 0.2) is 0 Å². The predicted molar refractivity (Wildman–Crippen MR) is 64.9 cm³/mol. The Morgan fingerprint density at radius 3 is 2.94 bits per heavy atom. The van der Waals surface area contributed by atoms with Gasteiger partial charge in [-0.2, -0.15) is 5.10 Å². The molecule has 0 saturated carbocycles. The molecule has 1 rings (SSSR count). The quantitative estimate of drug-likeness (QED) is 0.535. The molecular weight excluding hydrogens is 222 g/mol. The van der Waals surface area contributed by atoms with Crippen molar-refractivity contribution < 1.29 is 14.9 Å². The van der Waals surface area contributed by atoms with Gasteiger partial charge in [0.05, 0.1) is 38.2 Å². The van der Waals surface area contributed by atoms with Gasteiger partial charge in [-0.1, -0.05) is 0 Å². The maximum atomic E-state index is 8.79. The van der Waals surface area contributed by atoms with E-state index >= 15 is 0 Å². The number of aliphatic hydroxyl groups excluding tert-OH is 2. The molecule has 0 radical (unpaired) electrons. The van der Waals surface area contributed by atoms with Crippen molar-refractivity contribution in [3.63, 3.8) is 0 Å². The standard InChI is InChI=1S/C11H21N3O3/c1-10(2-4-15)13-11-8-12-14(9-11)3-6-17-7-5-16/h8-10,13,15-16H,2-7H2,1H3. The summed E-state index contributed by atoms with van der Waals surface area (Å²) in [7, 11) is 0. The average molecular weight is 243 g/mol. The minimum atomic E-state index is 0.0462. The summed E-state index contributed by atoms with van der Waals surface area (Å²) in [6.07, 6.45) is 4.36. The molecule has 1 aromatic rings. The van der Waals surface area contributed by atoms with Crippen molar-refractivity contribution >= 4 is 5.69 Å². The minimum absolute atomic E-state index is 0.0462. The van der Waals surface area contributed by atoms with Crippen LogP contribution < -0.4 is 5.32 Å². The SMILES string of the molecule is CC(CCO)Nc1cnn(CCOCCO)c1. The summed E-state index contributed by atoms with van der Waals surface area (Å²) >= 11 is 0. The van der Waals surface area contributed by atoms with Crippen molar-refractivity contribution in [2.24, 2.45) is 0 Å². The van der Waals surface area contributed by atoms with E-state index in [0.717, 1.165) is 5.69 Å². The Morgan fingerprint density at radius 2 is 2.24 bits per heavy atom. The molecule has 0 saturated heterocycles. The molecule has 0 aliphatic carbocycles. The Morgan fingerprint density at radius 1 is 1.41 bits per heavy atom. The van der Waals surface area contributed by atoms with Gasteiger partial charge >= 0.3 is 0 Å². The van der Waals surface area contributed by atoms with E-state index in [-0.39, 0.29) is 19.3 Å². The summed E-state index contributed by atoms with van der Waals surface area (Å²) in [6.45, 7) is 3.80. The smallest absolute Gasteiger partial charge is 0.0728 e. The van der Waals surface area contributed by atoms with Crippen LogP contribution in [0.1, 0.15) is 13.3 Å². The number of nitrogens with zero attached hydrogens (tertiary/aromatic N) is 2. The number of aliphatic hydroxyl groups is 2. The fourth-order valence-electron chi connectivity index (χ4n) is 1.44. The molecule has 1 aromatic heterocycles. The number of hydrogen-bond acceptors (Lipinski definition) is 5. The summed E-state index contributed by atoms with van der Waals surface area (Å²) in [6, 6.07) is 0.225. The third-order valence-corrected chi connectivity index (χ3v) is 2.31. The molecule has 6 nitrogen and oxygen atoms in total. The number of rotatable bonds is 9. The molecule has 0 aromatic carbocycles. The highest BCUT2D eigenvalue weighted by Crippen LogP contribution is 2.08. The molecule has 0 fully saturated rings. The van der Waals surface area contributed by atoms with Gasteiger partial charge < -0.3 is 20.3 Å². The predicted octanol–water partition coefficient (Wildman–Crippen LogP) is 0.0748. The first kappa shape index (κ1) is 14.0. The fraction of sp³-hybridized carbons (Fsp3) is 0.727. The van der Waals surface area contributed by atoms with E-state index in [9.17, 15) is 0 Å². The maximum absolute atomic E-state index is 8.79. The fourth-order valence-corrected chi connectivity index (χ4v) is 1.44. The van der Waals surface area contributed by atoms with E-state index < -0.39 is 0 Å². The van der Waals surface area contributed by atoms with Gasteiger partial charge in [-0.25, -0.2) is 0 Å². The summed E-state index contributed by atoms with van der Waals surface area (Å²) < 4.78 is 6.93. The average Bonchev–Trinajstić information content (AvgIpc) is 2.72. The van der Waals surface area contributed by atoms with Gasteiger partial charge in [0.25, 0.3) is 0 Å². The Labute approximate surface area is 101 Å². The Hall–Kier alpha value is -1.11. The van der Waals surface area contributed by atoms with Crippen molar-refractivity contribution in [1.82, 2.24) is 9.78 Å².